The van der Waals surface area contributed by atoms with Gasteiger partial charge in [-0.15, -0.1) is 0 Å². The highest BCUT2D eigenvalue weighted by atomic mass is 16.5. The molecule has 0 fully saturated rings. The Morgan fingerprint density at radius 3 is 2.22 bits per heavy atom. The zero-order chi connectivity index (χ0) is 20.0. The lowest BCUT2D eigenvalue weighted by molar-refractivity contribution is -0.139. The lowest BCUT2D eigenvalue weighted by atomic mass is 9.98. The van der Waals surface area contributed by atoms with Gasteiger partial charge in [-0.25, -0.2) is 4.79 Å². The molecule has 0 saturated heterocycles. The van der Waals surface area contributed by atoms with Gasteiger partial charge in [0.15, 0.2) is 6.61 Å². The molecule has 5 nitrogen and oxygen atoms in total. The van der Waals surface area contributed by atoms with E-state index in [1.165, 1.54) is 13.0 Å². The monoisotopic (exact) mass is 365 g/mol. The number of ether oxygens (including phenoxy) is 1. The Morgan fingerprint density at radius 1 is 0.963 bits per heavy atom. The van der Waals surface area contributed by atoms with Crippen molar-refractivity contribution in [1.29, 1.82) is 0 Å². The van der Waals surface area contributed by atoms with Crippen LogP contribution in [0.1, 0.15) is 39.5 Å². The van der Waals surface area contributed by atoms with Crippen molar-refractivity contribution in [3.63, 3.8) is 0 Å². The molecule has 0 aromatic heterocycles. The van der Waals surface area contributed by atoms with Gasteiger partial charge in [0.25, 0.3) is 0 Å². The fourth-order valence-electron chi connectivity index (χ4n) is 2.60. The fraction of sp³-hybridized carbons (Fsp3) is 0.227. The second-order valence-corrected chi connectivity index (χ2v) is 6.40. The van der Waals surface area contributed by atoms with Crippen LogP contribution < -0.4 is 5.32 Å². The van der Waals surface area contributed by atoms with Gasteiger partial charge in [0.1, 0.15) is 5.70 Å². The van der Waals surface area contributed by atoms with Gasteiger partial charge in [0.05, 0.1) is 0 Å². The third kappa shape index (κ3) is 5.64. The average molecular weight is 365 g/mol. The minimum Gasteiger partial charge on any atom is -0.453 e. The standard InChI is InChI=1S/C22H23NO4/c1-14-10-16(3)19(11-15(14)2)21(25)13-27-22(26)20(23-17(4)24)12-18-8-6-5-7-9-18/h5-12H,13H2,1-4H3,(H,23,24)/b20-12+. The third-order valence-corrected chi connectivity index (χ3v) is 4.12. The smallest absolute Gasteiger partial charge is 0.355 e. The Kier molecular flexibility index (Phi) is 6.66. The number of carbonyl (C=O) groups excluding carboxylic acids is 3. The fourth-order valence-corrected chi connectivity index (χ4v) is 2.60. The molecule has 1 amide bonds. The van der Waals surface area contributed by atoms with Crippen LogP contribution in [0.25, 0.3) is 6.08 Å². The number of nitrogens with one attached hydrogen (secondary N) is 1. The van der Waals surface area contributed by atoms with Gasteiger partial charge in [0, 0.05) is 12.5 Å². The number of aryl methyl sites for hydroxylation is 3. The molecular weight excluding hydrogens is 342 g/mol. The van der Waals surface area contributed by atoms with Crippen molar-refractivity contribution >= 4 is 23.7 Å². The van der Waals surface area contributed by atoms with Gasteiger partial charge in [-0.3, -0.25) is 9.59 Å². The van der Waals surface area contributed by atoms with Crippen molar-refractivity contribution in [2.75, 3.05) is 6.61 Å². The van der Waals surface area contributed by atoms with Gasteiger partial charge < -0.3 is 10.1 Å². The van der Waals surface area contributed by atoms with Gasteiger partial charge in [-0.2, -0.15) is 0 Å². The van der Waals surface area contributed by atoms with Crippen molar-refractivity contribution in [3.8, 4) is 0 Å². The Labute approximate surface area is 159 Å². The van der Waals surface area contributed by atoms with E-state index in [-0.39, 0.29) is 11.5 Å². The second kappa shape index (κ2) is 8.94. The molecule has 0 unspecified atom stereocenters. The topological polar surface area (TPSA) is 72.5 Å². The molecule has 5 heteroatoms. The highest BCUT2D eigenvalue weighted by Crippen LogP contribution is 2.16. The van der Waals surface area contributed by atoms with E-state index >= 15 is 0 Å². The van der Waals surface area contributed by atoms with E-state index in [0.717, 1.165) is 22.3 Å². The predicted molar refractivity (Wildman–Crippen MR) is 104 cm³/mol. The maximum absolute atomic E-state index is 12.5. The molecule has 0 radical (unpaired) electrons. The van der Waals surface area contributed by atoms with Crippen LogP contribution in [0, 0.1) is 20.8 Å². The minimum atomic E-state index is -0.760. The van der Waals surface area contributed by atoms with E-state index in [1.807, 2.05) is 45.0 Å². The molecule has 0 spiro atoms. The van der Waals surface area contributed by atoms with Crippen molar-refractivity contribution in [1.82, 2.24) is 5.32 Å². The van der Waals surface area contributed by atoms with Crippen LogP contribution in [0.3, 0.4) is 0 Å². The predicted octanol–water partition coefficient (Wildman–Crippen LogP) is 3.51. The molecule has 0 aliphatic rings. The maximum atomic E-state index is 12.5. The lowest BCUT2D eigenvalue weighted by Crippen LogP contribution is -2.27. The van der Waals surface area contributed by atoms with Gasteiger partial charge >= 0.3 is 5.97 Å². The molecule has 2 rings (SSSR count). The number of rotatable bonds is 6. The quantitative estimate of drug-likeness (QED) is 0.483. The third-order valence-electron chi connectivity index (χ3n) is 4.12. The van der Waals surface area contributed by atoms with Crippen LogP contribution in [0.4, 0.5) is 0 Å². The zero-order valence-electron chi connectivity index (χ0n) is 16.0. The molecule has 0 bridgehead atoms. The summed E-state index contributed by atoms with van der Waals surface area (Å²) in [5.41, 5.74) is 4.17. The first-order valence-electron chi connectivity index (χ1n) is 8.60. The molecule has 2 aromatic carbocycles. The van der Waals surface area contributed by atoms with E-state index < -0.39 is 18.5 Å². The van der Waals surface area contributed by atoms with Crippen molar-refractivity contribution in [2.24, 2.45) is 0 Å². The number of amides is 1. The van der Waals surface area contributed by atoms with Crippen molar-refractivity contribution < 1.29 is 19.1 Å². The van der Waals surface area contributed by atoms with Crippen LogP contribution in [-0.2, 0) is 14.3 Å². The molecule has 0 heterocycles. The molecule has 1 N–H and O–H groups in total. The number of Topliss-reactive ketones (excluding diaryl/α,β-unsaturated/α-hetero) is 1. The highest BCUT2D eigenvalue weighted by Gasteiger charge is 2.17. The summed E-state index contributed by atoms with van der Waals surface area (Å²) in [5.74, 6) is -1.44. The summed E-state index contributed by atoms with van der Waals surface area (Å²) in [6.07, 6.45) is 1.51. The van der Waals surface area contributed by atoms with Gasteiger partial charge in [-0.05, 0) is 55.2 Å². The second-order valence-electron chi connectivity index (χ2n) is 6.40. The van der Waals surface area contributed by atoms with Gasteiger partial charge in [0.2, 0.25) is 11.7 Å². The molecule has 27 heavy (non-hydrogen) atoms. The first kappa shape index (κ1) is 20.1. The molecule has 0 atom stereocenters. The molecule has 0 saturated carbocycles. The first-order chi connectivity index (χ1) is 12.8. The summed E-state index contributed by atoms with van der Waals surface area (Å²) in [6.45, 7) is 6.66. The zero-order valence-corrected chi connectivity index (χ0v) is 16.0. The Balaban J connectivity index is 2.13. The number of ketones is 1. The van der Waals surface area contributed by atoms with E-state index in [9.17, 15) is 14.4 Å². The number of esters is 1. The Hall–Kier alpha value is -3.21. The number of carbonyl (C=O) groups is 3. The van der Waals surface area contributed by atoms with E-state index in [2.05, 4.69) is 5.32 Å². The summed E-state index contributed by atoms with van der Waals surface area (Å²) in [6, 6.07) is 12.8. The number of benzene rings is 2. The number of hydrogen-bond acceptors (Lipinski definition) is 4. The SMILES string of the molecule is CC(=O)N/C(=C/c1ccccc1)C(=O)OCC(=O)c1cc(C)c(C)cc1C. The van der Waals surface area contributed by atoms with Crippen molar-refractivity contribution in [2.45, 2.75) is 27.7 Å². The van der Waals surface area contributed by atoms with Crippen molar-refractivity contribution in [3.05, 3.63) is 76.0 Å². The summed E-state index contributed by atoms with van der Waals surface area (Å²) < 4.78 is 5.15. The first-order valence-corrected chi connectivity index (χ1v) is 8.60. The van der Waals surface area contributed by atoms with Crippen LogP contribution in [0.5, 0.6) is 0 Å². The van der Waals surface area contributed by atoms with Crippen LogP contribution in [0.15, 0.2) is 48.2 Å². The average Bonchev–Trinajstić information content (AvgIpc) is 2.62. The van der Waals surface area contributed by atoms with Gasteiger partial charge in [-0.1, -0.05) is 36.4 Å². The summed E-state index contributed by atoms with van der Waals surface area (Å²) in [7, 11) is 0. The van der Waals surface area contributed by atoms with Crippen LogP contribution >= 0.6 is 0 Å². The van der Waals surface area contributed by atoms with Crippen LogP contribution in [-0.4, -0.2) is 24.3 Å². The summed E-state index contributed by atoms with van der Waals surface area (Å²) in [4.78, 5) is 36.2. The van der Waals surface area contributed by atoms with E-state index in [1.54, 1.807) is 18.2 Å². The van der Waals surface area contributed by atoms with E-state index in [4.69, 9.17) is 4.74 Å². The molecule has 0 aliphatic carbocycles. The largest absolute Gasteiger partial charge is 0.453 e. The summed E-state index contributed by atoms with van der Waals surface area (Å²) >= 11 is 0. The van der Waals surface area contributed by atoms with Crippen LogP contribution in [0.2, 0.25) is 0 Å². The summed E-state index contributed by atoms with van der Waals surface area (Å²) in [5, 5.41) is 2.46. The molecule has 140 valence electrons. The molecule has 0 aliphatic heterocycles. The van der Waals surface area contributed by atoms with E-state index in [0.29, 0.717) is 5.56 Å². The lowest BCUT2D eigenvalue weighted by Gasteiger charge is -2.11. The minimum absolute atomic E-state index is 0.0155. The normalized spacial score (nSPS) is 11.0. The molecular formula is C22H23NO4. The maximum Gasteiger partial charge on any atom is 0.355 e. The Bertz CT molecular complexity index is 898. The molecule has 2 aromatic rings. The Morgan fingerprint density at radius 2 is 1.59 bits per heavy atom. The highest BCUT2D eigenvalue weighted by molar-refractivity contribution is 6.02. The number of hydrogen-bond donors (Lipinski definition) is 1.